The van der Waals surface area contributed by atoms with Gasteiger partial charge in [-0.3, -0.25) is 9.78 Å². The van der Waals surface area contributed by atoms with Gasteiger partial charge in [0, 0.05) is 26.0 Å². The molecule has 0 radical (unpaired) electrons. The Hall–Kier alpha value is -3.76. The molecule has 9 nitrogen and oxygen atoms in total. The lowest BCUT2D eigenvalue weighted by molar-refractivity contribution is 0.0954. The Morgan fingerprint density at radius 3 is 2.49 bits per heavy atom. The van der Waals surface area contributed by atoms with Gasteiger partial charge in [-0.1, -0.05) is 6.07 Å². The second-order valence-corrected chi connectivity index (χ2v) is 8.63. The second-order valence-electron chi connectivity index (χ2n) is 7.63. The molecule has 10 heteroatoms. The topological polar surface area (TPSA) is 105 Å². The van der Waals surface area contributed by atoms with Gasteiger partial charge in [-0.25, -0.2) is 4.98 Å². The average Bonchev–Trinajstić information content (AvgIpc) is 3.22. The summed E-state index contributed by atoms with van der Waals surface area (Å²) in [7, 11) is 4.71. The van der Waals surface area contributed by atoms with Crippen LogP contribution in [0.1, 0.15) is 32.2 Å². The number of fused-ring (bicyclic) bond motifs is 1. The van der Waals surface area contributed by atoms with Crippen molar-refractivity contribution in [3.8, 4) is 17.4 Å². The number of nitrogens with zero attached hydrogens (tertiary/aromatic N) is 3. The van der Waals surface area contributed by atoms with Crippen molar-refractivity contribution in [1.82, 2.24) is 20.3 Å². The molecule has 0 aliphatic carbocycles. The number of nitrogens with one attached hydrogen (secondary N) is 1. The maximum Gasteiger partial charge on any atom is 0.261 e. The van der Waals surface area contributed by atoms with Crippen molar-refractivity contribution in [2.75, 3.05) is 21.3 Å². The van der Waals surface area contributed by atoms with Crippen LogP contribution in [0.25, 0.3) is 10.2 Å². The van der Waals surface area contributed by atoms with E-state index < -0.39 is 0 Å². The molecule has 3 aromatic heterocycles. The van der Waals surface area contributed by atoms with Crippen molar-refractivity contribution in [3.63, 3.8) is 0 Å². The summed E-state index contributed by atoms with van der Waals surface area (Å²) >= 11 is 1.30. The van der Waals surface area contributed by atoms with Gasteiger partial charge in [0.1, 0.15) is 18.0 Å². The molecule has 0 fully saturated rings. The zero-order chi connectivity index (χ0) is 24.8. The van der Waals surface area contributed by atoms with Crippen molar-refractivity contribution in [1.29, 1.82) is 0 Å². The fourth-order valence-electron chi connectivity index (χ4n) is 3.55. The van der Waals surface area contributed by atoms with Gasteiger partial charge >= 0.3 is 0 Å². The molecule has 0 bridgehead atoms. The number of thiophene rings is 1. The summed E-state index contributed by atoms with van der Waals surface area (Å²) in [5.74, 6) is 1.95. The fraction of sp³-hybridized carbons (Fsp3) is 0.280. The molecule has 0 aliphatic heterocycles. The van der Waals surface area contributed by atoms with E-state index in [0.29, 0.717) is 46.1 Å². The molecule has 0 aliphatic rings. The Bertz CT molecular complexity index is 1330. The Kier molecular flexibility index (Phi) is 7.74. The number of hydrogen-bond acceptors (Lipinski definition) is 9. The van der Waals surface area contributed by atoms with Crippen LogP contribution in [0.3, 0.4) is 0 Å². The van der Waals surface area contributed by atoms with Crippen LogP contribution in [0.2, 0.25) is 0 Å². The minimum absolute atomic E-state index is 0.196. The highest BCUT2D eigenvalue weighted by Gasteiger charge is 2.21. The van der Waals surface area contributed by atoms with Crippen molar-refractivity contribution in [3.05, 3.63) is 70.1 Å². The van der Waals surface area contributed by atoms with E-state index in [1.165, 1.54) is 11.3 Å². The van der Waals surface area contributed by atoms with E-state index in [9.17, 15) is 4.79 Å². The smallest absolute Gasteiger partial charge is 0.261 e. The van der Waals surface area contributed by atoms with Crippen molar-refractivity contribution in [2.24, 2.45) is 0 Å². The van der Waals surface area contributed by atoms with Gasteiger partial charge in [-0.2, -0.15) is 4.98 Å². The fourth-order valence-corrected chi connectivity index (χ4v) is 4.65. The van der Waals surface area contributed by atoms with Gasteiger partial charge in [0.2, 0.25) is 5.88 Å². The van der Waals surface area contributed by atoms with Gasteiger partial charge in [-0.05, 0) is 47.9 Å². The van der Waals surface area contributed by atoms with E-state index in [1.54, 1.807) is 33.7 Å². The Labute approximate surface area is 207 Å². The molecular weight excluding hydrogens is 468 g/mol. The van der Waals surface area contributed by atoms with E-state index in [2.05, 4.69) is 20.3 Å². The zero-order valence-electron chi connectivity index (χ0n) is 20.0. The number of methoxy groups -OCH3 is 3. The molecule has 4 rings (SSSR count). The third-order valence-corrected chi connectivity index (χ3v) is 6.49. The van der Waals surface area contributed by atoms with Crippen LogP contribution >= 0.6 is 11.3 Å². The van der Waals surface area contributed by atoms with E-state index in [-0.39, 0.29) is 12.5 Å². The van der Waals surface area contributed by atoms with E-state index in [1.807, 2.05) is 37.3 Å². The van der Waals surface area contributed by atoms with Gasteiger partial charge < -0.3 is 24.3 Å². The SMILES string of the molecule is COCc1nc(OC)c2c(C)c(C(=O)NCc3ccc(OCc4ccncc4)c(OC)c3)sc2n1. The molecule has 1 N–H and O–H groups in total. The van der Waals surface area contributed by atoms with E-state index in [0.717, 1.165) is 22.1 Å². The summed E-state index contributed by atoms with van der Waals surface area (Å²) in [4.78, 5) is 27.2. The third-order valence-electron chi connectivity index (χ3n) is 5.30. The zero-order valence-corrected chi connectivity index (χ0v) is 20.8. The van der Waals surface area contributed by atoms with Crippen LogP contribution in [-0.2, 0) is 24.5 Å². The lowest BCUT2D eigenvalue weighted by atomic mass is 10.1. The van der Waals surface area contributed by atoms with E-state index in [4.69, 9.17) is 18.9 Å². The van der Waals surface area contributed by atoms with Crippen molar-refractivity contribution in [2.45, 2.75) is 26.7 Å². The lowest BCUT2D eigenvalue weighted by Crippen LogP contribution is -2.22. The lowest BCUT2D eigenvalue weighted by Gasteiger charge is -2.13. The molecule has 0 spiro atoms. The number of pyridine rings is 1. The molecule has 0 unspecified atom stereocenters. The molecule has 1 amide bonds. The van der Waals surface area contributed by atoms with Crippen LogP contribution in [0.4, 0.5) is 0 Å². The largest absolute Gasteiger partial charge is 0.493 e. The highest BCUT2D eigenvalue weighted by molar-refractivity contribution is 7.20. The van der Waals surface area contributed by atoms with Crippen LogP contribution in [0.5, 0.6) is 17.4 Å². The summed E-state index contributed by atoms with van der Waals surface area (Å²) in [5.41, 5.74) is 2.67. The number of ether oxygens (including phenoxy) is 4. The minimum Gasteiger partial charge on any atom is -0.493 e. The number of hydrogen-bond donors (Lipinski definition) is 1. The quantitative estimate of drug-likeness (QED) is 0.352. The number of amides is 1. The van der Waals surface area contributed by atoms with Crippen LogP contribution in [0, 0.1) is 6.92 Å². The molecule has 182 valence electrons. The number of rotatable bonds is 10. The first-order valence-corrected chi connectivity index (χ1v) is 11.7. The highest BCUT2D eigenvalue weighted by atomic mass is 32.1. The third kappa shape index (κ3) is 5.50. The Morgan fingerprint density at radius 2 is 1.77 bits per heavy atom. The maximum atomic E-state index is 13.0. The normalized spacial score (nSPS) is 10.9. The molecule has 1 aromatic carbocycles. The van der Waals surface area contributed by atoms with Crippen LogP contribution in [-0.4, -0.2) is 42.2 Å². The first kappa shape index (κ1) is 24.4. The van der Waals surface area contributed by atoms with E-state index >= 15 is 0 Å². The number of aromatic nitrogens is 3. The maximum absolute atomic E-state index is 13.0. The predicted molar refractivity (Wildman–Crippen MR) is 132 cm³/mol. The molecule has 3 heterocycles. The molecular formula is C25H26N4O5S. The molecule has 0 atom stereocenters. The molecule has 0 saturated carbocycles. The number of aryl methyl sites for hydroxylation is 1. The van der Waals surface area contributed by atoms with Crippen molar-refractivity contribution >= 4 is 27.5 Å². The summed E-state index contributed by atoms with van der Waals surface area (Å²) in [5, 5.41) is 3.71. The molecule has 4 aromatic rings. The first-order chi connectivity index (χ1) is 17.0. The Balaban J connectivity index is 1.47. The van der Waals surface area contributed by atoms with Gasteiger partial charge in [0.05, 0.1) is 24.5 Å². The monoisotopic (exact) mass is 494 g/mol. The summed E-state index contributed by atoms with van der Waals surface area (Å²) in [6.07, 6.45) is 3.45. The summed E-state index contributed by atoms with van der Waals surface area (Å²) < 4.78 is 22.0. The summed E-state index contributed by atoms with van der Waals surface area (Å²) in [6, 6.07) is 9.38. The van der Waals surface area contributed by atoms with Gasteiger partial charge in [0.15, 0.2) is 17.3 Å². The molecule has 0 saturated heterocycles. The van der Waals surface area contributed by atoms with Gasteiger partial charge in [-0.15, -0.1) is 11.3 Å². The minimum atomic E-state index is -0.196. The standard InChI is InChI=1S/C25H26N4O5S/c1-15-21-24(33-4)28-20(14-31-2)29-25(21)35-22(15)23(30)27-12-17-5-6-18(19(11-17)32-3)34-13-16-7-9-26-10-8-16/h5-11H,12-14H2,1-4H3,(H,27,30). The number of carbonyl (C=O) groups is 1. The van der Waals surface area contributed by atoms with Crippen molar-refractivity contribution < 1.29 is 23.7 Å². The second kappa shape index (κ2) is 11.1. The highest BCUT2D eigenvalue weighted by Crippen LogP contribution is 2.35. The first-order valence-electron chi connectivity index (χ1n) is 10.8. The number of benzene rings is 1. The van der Waals surface area contributed by atoms with Gasteiger partial charge in [0.25, 0.3) is 5.91 Å². The predicted octanol–water partition coefficient (Wildman–Crippen LogP) is 4.07. The Morgan fingerprint density at radius 1 is 0.971 bits per heavy atom. The summed E-state index contributed by atoms with van der Waals surface area (Å²) in [6.45, 7) is 2.85. The molecule has 35 heavy (non-hydrogen) atoms. The van der Waals surface area contributed by atoms with Crippen LogP contribution < -0.4 is 19.5 Å². The average molecular weight is 495 g/mol. The number of carbonyl (C=O) groups excluding carboxylic acids is 1. The van der Waals surface area contributed by atoms with Crippen LogP contribution in [0.15, 0.2) is 42.7 Å².